The molecule has 0 radical (unpaired) electrons. The molecule has 0 aliphatic rings. The van der Waals surface area contributed by atoms with Gasteiger partial charge in [0, 0.05) is 18.4 Å². The maximum atomic E-state index is 12.8. The Labute approximate surface area is 178 Å². The second-order valence-electron chi connectivity index (χ2n) is 6.44. The molecule has 4 aromatic rings. The van der Waals surface area contributed by atoms with Gasteiger partial charge in [0.25, 0.3) is 11.1 Å². The lowest BCUT2D eigenvalue weighted by Gasteiger charge is -2.01. The quantitative estimate of drug-likeness (QED) is 0.358. The van der Waals surface area contributed by atoms with Crippen LogP contribution in [0.4, 0.5) is 0 Å². The van der Waals surface area contributed by atoms with E-state index >= 15 is 0 Å². The first-order valence-electron chi connectivity index (χ1n) is 8.86. The molecular weight excluding hydrogens is 426 g/mol. The summed E-state index contributed by atoms with van der Waals surface area (Å²) in [5.74, 6) is -0.0560. The first-order chi connectivity index (χ1) is 14.4. The van der Waals surface area contributed by atoms with Crippen molar-refractivity contribution in [1.29, 1.82) is 0 Å². The van der Waals surface area contributed by atoms with E-state index in [4.69, 9.17) is 16.3 Å². The van der Waals surface area contributed by atoms with E-state index in [0.717, 1.165) is 21.4 Å². The SMILES string of the molecule is CC(=O)Oc1cccc(/C=c2\sc3nc(=O)c(Cc4ccc(Cl)cc4)nn3c2=O)c1. The summed E-state index contributed by atoms with van der Waals surface area (Å²) < 4.78 is 6.56. The molecule has 0 amide bonds. The third kappa shape index (κ3) is 4.29. The molecule has 2 heterocycles. The highest BCUT2D eigenvalue weighted by molar-refractivity contribution is 7.15. The Morgan fingerprint density at radius 3 is 2.70 bits per heavy atom. The van der Waals surface area contributed by atoms with Crippen LogP contribution in [0, 0.1) is 0 Å². The van der Waals surface area contributed by atoms with Gasteiger partial charge >= 0.3 is 5.97 Å². The molecule has 0 bridgehead atoms. The smallest absolute Gasteiger partial charge is 0.308 e. The van der Waals surface area contributed by atoms with Crippen LogP contribution in [0.3, 0.4) is 0 Å². The molecule has 0 atom stereocenters. The maximum absolute atomic E-state index is 12.8. The van der Waals surface area contributed by atoms with Crippen LogP contribution in [0.5, 0.6) is 5.75 Å². The van der Waals surface area contributed by atoms with Crippen LogP contribution >= 0.6 is 22.9 Å². The average molecular weight is 440 g/mol. The number of ether oxygens (including phenoxy) is 1. The number of thiazole rings is 1. The number of benzene rings is 2. The maximum Gasteiger partial charge on any atom is 0.308 e. The van der Waals surface area contributed by atoms with Crippen molar-refractivity contribution in [3.8, 4) is 5.75 Å². The Hall–Kier alpha value is -3.36. The summed E-state index contributed by atoms with van der Waals surface area (Å²) in [6.07, 6.45) is 1.88. The van der Waals surface area contributed by atoms with Crippen molar-refractivity contribution in [3.05, 3.63) is 95.6 Å². The number of esters is 1. The molecule has 0 saturated carbocycles. The van der Waals surface area contributed by atoms with E-state index in [2.05, 4.69) is 10.1 Å². The molecule has 7 nitrogen and oxygen atoms in total. The normalized spacial score (nSPS) is 11.7. The van der Waals surface area contributed by atoms with Gasteiger partial charge in [0.2, 0.25) is 4.96 Å². The summed E-state index contributed by atoms with van der Waals surface area (Å²) in [6, 6.07) is 13.8. The van der Waals surface area contributed by atoms with E-state index in [0.29, 0.717) is 20.9 Å². The van der Waals surface area contributed by atoms with Crippen molar-refractivity contribution < 1.29 is 9.53 Å². The Balaban J connectivity index is 1.75. The van der Waals surface area contributed by atoms with Gasteiger partial charge in [0.1, 0.15) is 11.4 Å². The van der Waals surface area contributed by atoms with Gasteiger partial charge in [-0.3, -0.25) is 14.4 Å². The second kappa shape index (κ2) is 8.17. The van der Waals surface area contributed by atoms with Gasteiger partial charge in [-0.05, 0) is 41.5 Å². The first-order valence-corrected chi connectivity index (χ1v) is 10.1. The fourth-order valence-electron chi connectivity index (χ4n) is 2.83. The van der Waals surface area contributed by atoms with E-state index in [9.17, 15) is 14.4 Å². The number of hydrogen-bond acceptors (Lipinski definition) is 7. The molecular formula is C21H14ClN3O4S. The number of aromatic nitrogens is 3. The molecule has 2 aromatic carbocycles. The fraction of sp³-hybridized carbons (Fsp3) is 0.0952. The number of rotatable bonds is 4. The predicted octanol–water partition coefficient (Wildman–Crippen LogP) is 2.23. The van der Waals surface area contributed by atoms with Crippen LogP contribution in [0.2, 0.25) is 5.02 Å². The van der Waals surface area contributed by atoms with E-state index in [-0.39, 0.29) is 22.6 Å². The number of nitrogens with zero attached hydrogens (tertiary/aromatic N) is 3. The molecule has 0 saturated heterocycles. The van der Waals surface area contributed by atoms with Crippen LogP contribution in [0.25, 0.3) is 11.0 Å². The zero-order chi connectivity index (χ0) is 21.3. The lowest BCUT2D eigenvalue weighted by Crippen LogP contribution is -2.28. The minimum Gasteiger partial charge on any atom is -0.427 e. The molecule has 150 valence electrons. The molecule has 0 fully saturated rings. The van der Waals surface area contributed by atoms with E-state index in [1.807, 2.05) is 0 Å². The standard InChI is InChI=1S/C21H14ClN3O4S/c1-12(26)29-16-4-2-3-14(9-16)11-18-20(28)25-21(30-18)23-19(27)17(24-25)10-13-5-7-15(22)8-6-13/h2-9,11H,10H2,1H3/b18-11-. The van der Waals surface area contributed by atoms with Gasteiger partial charge in [-0.2, -0.15) is 14.6 Å². The highest BCUT2D eigenvalue weighted by Gasteiger charge is 2.12. The van der Waals surface area contributed by atoms with Crippen LogP contribution < -0.4 is 20.4 Å². The van der Waals surface area contributed by atoms with Gasteiger partial charge in [0.15, 0.2) is 0 Å². The lowest BCUT2D eigenvalue weighted by atomic mass is 10.1. The molecule has 30 heavy (non-hydrogen) atoms. The molecule has 0 aliphatic carbocycles. The number of hydrogen-bond donors (Lipinski definition) is 0. The van der Waals surface area contributed by atoms with Crippen LogP contribution in [0.1, 0.15) is 23.7 Å². The van der Waals surface area contributed by atoms with Crippen LogP contribution in [-0.4, -0.2) is 20.6 Å². The number of carbonyl (C=O) groups is 1. The first kappa shape index (κ1) is 19.9. The monoisotopic (exact) mass is 439 g/mol. The Morgan fingerprint density at radius 2 is 1.97 bits per heavy atom. The summed E-state index contributed by atoms with van der Waals surface area (Å²) in [4.78, 5) is 40.5. The van der Waals surface area contributed by atoms with Crippen molar-refractivity contribution in [2.75, 3.05) is 0 Å². The van der Waals surface area contributed by atoms with Gasteiger partial charge < -0.3 is 4.74 Å². The van der Waals surface area contributed by atoms with E-state index in [1.54, 1.807) is 54.6 Å². The summed E-state index contributed by atoms with van der Waals surface area (Å²) in [7, 11) is 0. The third-order valence-corrected chi connectivity index (χ3v) is 5.36. The van der Waals surface area contributed by atoms with Crippen LogP contribution in [0.15, 0.2) is 58.1 Å². The minimum atomic E-state index is -0.477. The summed E-state index contributed by atoms with van der Waals surface area (Å²) in [6.45, 7) is 1.31. The van der Waals surface area contributed by atoms with Crippen LogP contribution in [-0.2, 0) is 11.2 Å². The van der Waals surface area contributed by atoms with Crippen molar-refractivity contribution in [3.63, 3.8) is 0 Å². The highest BCUT2D eigenvalue weighted by Crippen LogP contribution is 2.14. The third-order valence-electron chi connectivity index (χ3n) is 4.15. The van der Waals surface area contributed by atoms with Gasteiger partial charge in [0.05, 0.1) is 4.53 Å². The highest BCUT2D eigenvalue weighted by atomic mass is 35.5. The Kier molecular flexibility index (Phi) is 5.43. The molecule has 0 spiro atoms. The van der Waals surface area contributed by atoms with Gasteiger partial charge in [-0.15, -0.1) is 0 Å². The summed E-state index contributed by atoms with van der Waals surface area (Å²) in [5, 5.41) is 4.82. The zero-order valence-corrected chi connectivity index (χ0v) is 17.2. The predicted molar refractivity (Wildman–Crippen MR) is 114 cm³/mol. The average Bonchev–Trinajstić information content (AvgIpc) is 2.98. The molecule has 2 aromatic heterocycles. The fourth-order valence-corrected chi connectivity index (χ4v) is 3.86. The van der Waals surface area contributed by atoms with Crippen molar-refractivity contribution in [1.82, 2.24) is 14.6 Å². The number of halogens is 1. The second-order valence-corrected chi connectivity index (χ2v) is 7.89. The largest absolute Gasteiger partial charge is 0.427 e. The molecule has 4 rings (SSSR count). The Bertz CT molecular complexity index is 1430. The molecule has 0 N–H and O–H groups in total. The molecule has 9 heteroatoms. The van der Waals surface area contributed by atoms with Gasteiger partial charge in [-0.1, -0.05) is 47.2 Å². The van der Waals surface area contributed by atoms with E-state index < -0.39 is 11.5 Å². The van der Waals surface area contributed by atoms with Crippen molar-refractivity contribution >= 4 is 39.9 Å². The summed E-state index contributed by atoms with van der Waals surface area (Å²) >= 11 is 6.95. The topological polar surface area (TPSA) is 90.6 Å². The van der Waals surface area contributed by atoms with Gasteiger partial charge in [-0.25, -0.2) is 0 Å². The molecule has 0 aliphatic heterocycles. The summed E-state index contributed by atoms with van der Waals surface area (Å²) in [5.41, 5.74) is 0.824. The molecule has 0 unspecified atom stereocenters. The lowest BCUT2D eigenvalue weighted by molar-refractivity contribution is -0.131. The van der Waals surface area contributed by atoms with E-state index in [1.165, 1.54) is 6.92 Å². The number of fused-ring (bicyclic) bond motifs is 1. The number of carbonyl (C=O) groups excluding carboxylic acids is 1. The van der Waals surface area contributed by atoms with Crippen molar-refractivity contribution in [2.45, 2.75) is 13.3 Å². The van der Waals surface area contributed by atoms with Crippen molar-refractivity contribution in [2.24, 2.45) is 0 Å². The minimum absolute atomic E-state index is 0.174. The zero-order valence-electron chi connectivity index (χ0n) is 15.7. The Morgan fingerprint density at radius 1 is 1.20 bits per heavy atom.